The van der Waals surface area contributed by atoms with E-state index in [1.165, 1.54) is 0 Å². The summed E-state index contributed by atoms with van der Waals surface area (Å²) >= 11 is 0. The molecule has 2 heteroatoms. The van der Waals surface area contributed by atoms with Gasteiger partial charge in [0.25, 0.3) is 0 Å². The van der Waals surface area contributed by atoms with E-state index in [-0.39, 0.29) is 17.3 Å². The van der Waals surface area contributed by atoms with E-state index in [4.69, 9.17) is 0 Å². The summed E-state index contributed by atoms with van der Waals surface area (Å²) in [5.74, 6) is -0.121. The number of aryl methyl sites for hydroxylation is 1. The zero-order valence-corrected chi connectivity index (χ0v) is 10.9. The van der Waals surface area contributed by atoms with Gasteiger partial charge in [-0.1, -0.05) is 39.8 Å². The van der Waals surface area contributed by atoms with Crippen LogP contribution >= 0.6 is 0 Å². The highest BCUT2D eigenvalue weighted by Gasteiger charge is 2.25. The normalized spacial score (nSPS) is 13.9. The maximum Gasteiger partial charge on any atom is 0.126 e. The number of hydrogen-bond donors (Lipinski definition) is 1. The molecule has 0 fully saturated rings. The second kappa shape index (κ2) is 4.96. The van der Waals surface area contributed by atoms with Gasteiger partial charge in [-0.15, -0.1) is 0 Å². The van der Waals surface area contributed by atoms with Gasteiger partial charge in [-0.25, -0.2) is 4.39 Å². The summed E-state index contributed by atoms with van der Waals surface area (Å²) in [6.45, 7) is 11.2. The summed E-state index contributed by atoms with van der Waals surface area (Å²) in [6, 6.07) is 5.69. The Labute approximate surface area is 98.1 Å². The fourth-order valence-electron chi connectivity index (χ4n) is 1.92. The molecule has 0 saturated carbocycles. The summed E-state index contributed by atoms with van der Waals surface area (Å²) in [4.78, 5) is 0. The first kappa shape index (κ1) is 13.2. The van der Waals surface area contributed by atoms with E-state index in [9.17, 15) is 4.39 Å². The van der Waals surface area contributed by atoms with Gasteiger partial charge in [0.2, 0.25) is 0 Å². The van der Waals surface area contributed by atoms with Crippen molar-refractivity contribution in [2.45, 2.75) is 40.7 Å². The third kappa shape index (κ3) is 3.05. The molecule has 0 amide bonds. The predicted octanol–water partition coefficient (Wildman–Crippen LogP) is 3.83. The Kier molecular flexibility index (Phi) is 4.09. The smallest absolute Gasteiger partial charge is 0.126 e. The molecular formula is C14H22FN. The Hall–Kier alpha value is -0.890. The van der Waals surface area contributed by atoms with E-state index in [0.29, 0.717) is 5.56 Å². The van der Waals surface area contributed by atoms with Crippen LogP contribution in [0.15, 0.2) is 18.2 Å². The Bertz CT molecular complexity index is 352. The van der Waals surface area contributed by atoms with Crippen molar-refractivity contribution in [3.63, 3.8) is 0 Å². The van der Waals surface area contributed by atoms with Crippen molar-refractivity contribution in [3.8, 4) is 0 Å². The molecule has 0 heterocycles. The fraction of sp³-hybridized carbons (Fsp3) is 0.571. The lowest BCUT2D eigenvalue weighted by molar-refractivity contribution is 0.276. The molecule has 0 aliphatic heterocycles. The highest BCUT2D eigenvalue weighted by atomic mass is 19.1. The van der Waals surface area contributed by atoms with Crippen molar-refractivity contribution < 1.29 is 4.39 Å². The van der Waals surface area contributed by atoms with Crippen LogP contribution in [0.4, 0.5) is 4.39 Å². The van der Waals surface area contributed by atoms with Gasteiger partial charge in [0.15, 0.2) is 0 Å². The second-order valence-corrected chi connectivity index (χ2v) is 5.37. The molecule has 1 atom stereocenters. The Morgan fingerprint density at radius 1 is 1.31 bits per heavy atom. The van der Waals surface area contributed by atoms with Gasteiger partial charge in [-0.3, -0.25) is 0 Å². The van der Waals surface area contributed by atoms with Crippen molar-refractivity contribution >= 4 is 0 Å². The molecule has 0 radical (unpaired) electrons. The molecule has 1 N–H and O–H groups in total. The van der Waals surface area contributed by atoms with Crippen molar-refractivity contribution in [1.29, 1.82) is 0 Å². The van der Waals surface area contributed by atoms with Crippen molar-refractivity contribution in [1.82, 2.24) is 5.32 Å². The quantitative estimate of drug-likeness (QED) is 0.821. The summed E-state index contributed by atoms with van der Waals surface area (Å²) in [5.41, 5.74) is 1.81. The van der Waals surface area contributed by atoms with Gasteiger partial charge in [0.05, 0.1) is 0 Å². The number of rotatable bonds is 3. The SMILES string of the molecule is CCNC(c1ccc(C)c(F)c1)C(C)(C)C. The molecule has 1 rings (SSSR count). The van der Waals surface area contributed by atoms with Crippen LogP contribution in [0, 0.1) is 18.2 Å². The molecule has 90 valence electrons. The average Bonchev–Trinajstić information content (AvgIpc) is 2.17. The topological polar surface area (TPSA) is 12.0 Å². The molecule has 1 aromatic carbocycles. The zero-order valence-electron chi connectivity index (χ0n) is 10.9. The van der Waals surface area contributed by atoms with Gasteiger partial charge >= 0.3 is 0 Å². The minimum absolute atomic E-state index is 0.0811. The predicted molar refractivity (Wildman–Crippen MR) is 67.0 cm³/mol. The van der Waals surface area contributed by atoms with Crippen LogP contribution in [0.3, 0.4) is 0 Å². The molecule has 1 nitrogen and oxygen atoms in total. The molecular weight excluding hydrogens is 201 g/mol. The van der Waals surface area contributed by atoms with Crippen LogP contribution in [0.2, 0.25) is 0 Å². The standard InChI is InChI=1S/C14H22FN/c1-6-16-13(14(3,4)5)11-8-7-10(2)12(15)9-11/h7-9,13,16H,6H2,1-5H3. The lowest BCUT2D eigenvalue weighted by atomic mass is 9.82. The average molecular weight is 223 g/mol. The van der Waals surface area contributed by atoms with Gasteiger partial charge in [0.1, 0.15) is 5.82 Å². The van der Waals surface area contributed by atoms with E-state index in [2.05, 4.69) is 33.0 Å². The Morgan fingerprint density at radius 3 is 2.38 bits per heavy atom. The lowest BCUT2D eigenvalue weighted by Crippen LogP contribution is -2.32. The maximum atomic E-state index is 13.5. The third-order valence-electron chi connectivity index (χ3n) is 2.80. The lowest BCUT2D eigenvalue weighted by Gasteiger charge is -2.32. The molecule has 1 unspecified atom stereocenters. The van der Waals surface area contributed by atoms with E-state index in [1.807, 2.05) is 12.1 Å². The van der Waals surface area contributed by atoms with Crippen LogP contribution in [0.5, 0.6) is 0 Å². The first-order valence-electron chi connectivity index (χ1n) is 5.85. The van der Waals surface area contributed by atoms with Crippen LogP contribution in [-0.4, -0.2) is 6.54 Å². The minimum Gasteiger partial charge on any atom is -0.310 e. The second-order valence-electron chi connectivity index (χ2n) is 5.37. The zero-order chi connectivity index (χ0) is 12.3. The van der Waals surface area contributed by atoms with Gasteiger partial charge in [-0.05, 0) is 36.1 Å². The number of benzene rings is 1. The van der Waals surface area contributed by atoms with E-state index in [0.717, 1.165) is 12.1 Å². The largest absolute Gasteiger partial charge is 0.310 e. The van der Waals surface area contributed by atoms with Crippen molar-refractivity contribution in [3.05, 3.63) is 35.1 Å². The molecule has 1 aromatic rings. The summed E-state index contributed by atoms with van der Waals surface area (Å²) in [7, 11) is 0. The minimum atomic E-state index is -0.121. The van der Waals surface area contributed by atoms with Crippen LogP contribution in [0.1, 0.15) is 44.9 Å². The summed E-state index contributed by atoms with van der Waals surface area (Å²) in [5, 5.41) is 3.42. The number of nitrogens with one attached hydrogen (secondary N) is 1. The molecule has 0 aromatic heterocycles. The van der Waals surface area contributed by atoms with E-state index < -0.39 is 0 Å². The Balaban J connectivity index is 3.06. The maximum absolute atomic E-state index is 13.5. The first-order valence-corrected chi connectivity index (χ1v) is 5.85. The van der Waals surface area contributed by atoms with E-state index >= 15 is 0 Å². The van der Waals surface area contributed by atoms with Gasteiger partial charge in [0, 0.05) is 6.04 Å². The van der Waals surface area contributed by atoms with Gasteiger partial charge in [-0.2, -0.15) is 0 Å². The molecule has 0 saturated heterocycles. The van der Waals surface area contributed by atoms with Crippen LogP contribution in [0.25, 0.3) is 0 Å². The van der Waals surface area contributed by atoms with Crippen LogP contribution in [-0.2, 0) is 0 Å². The summed E-state index contributed by atoms with van der Waals surface area (Å²) in [6.07, 6.45) is 0. The van der Waals surface area contributed by atoms with Gasteiger partial charge < -0.3 is 5.32 Å². The molecule has 0 bridgehead atoms. The number of hydrogen-bond acceptors (Lipinski definition) is 1. The Morgan fingerprint density at radius 2 is 1.94 bits per heavy atom. The van der Waals surface area contributed by atoms with Crippen LogP contribution < -0.4 is 5.32 Å². The van der Waals surface area contributed by atoms with E-state index in [1.54, 1.807) is 13.0 Å². The molecule has 0 aliphatic rings. The monoisotopic (exact) mass is 223 g/mol. The highest BCUT2D eigenvalue weighted by molar-refractivity contribution is 5.27. The third-order valence-corrected chi connectivity index (χ3v) is 2.80. The highest BCUT2D eigenvalue weighted by Crippen LogP contribution is 2.33. The first-order chi connectivity index (χ1) is 7.36. The fourth-order valence-corrected chi connectivity index (χ4v) is 1.92. The molecule has 0 aliphatic carbocycles. The summed E-state index contributed by atoms with van der Waals surface area (Å²) < 4.78 is 13.5. The van der Waals surface area contributed by atoms with Crippen molar-refractivity contribution in [2.24, 2.45) is 5.41 Å². The van der Waals surface area contributed by atoms with Crippen molar-refractivity contribution in [2.75, 3.05) is 6.54 Å². The number of halogens is 1. The molecule has 16 heavy (non-hydrogen) atoms. The molecule has 0 spiro atoms.